The van der Waals surface area contributed by atoms with Crippen molar-refractivity contribution in [3.8, 4) is 0 Å². The molecule has 0 aliphatic rings. The highest BCUT2D eigenvalue weighted by Crippen LogP contribution is 2.12. The minimum absolute atomic E-state index is 0.110. The van der Waals surface area contributed by atoms with Gasteiger partial charge in [0, 0.05) is 12.2 Å². The lowest BCUT2D eigenvalue weighted by molar-refractivity contribution is 0.121. The van der Waals surface area contributed by atoms with Crippen LogP contribution in [0.4, 0.5) is 0 Å². The molecule has 0 bridgehead atoms. The van der Waals surface area contributed by atoms with Gasteiger partial charge in [-0.3, -0.25) is 5.41 Å². The van der Waals surface area contributed by atoms with Crippen LogP contribution in [-0.2, 0) is 11.3 Å². The van der Waals surface area contributed by atoms with Gasteiger partial charge in [-0.1, -0.05) is 19.1 Å². The van der Waals surface area contributed by atoms with Gasteiger partial charge in [0.25, 0.3) is 0 Å². The average Bonchev–Trinajstić information content (AvgIpc) is 2.20. The van der Waals surface area contributed by atoms with Crippen molar-refractivity contribution in [2.45, 2.75) is 26.9 Å². The third-order valence-corrected chi connectivity index (χ3v) is 2.26. The number of hydrogen-bond donors (Lipinski definition) is 2. The van der Waals surface area contributed by atoms with Crippen LogP contribution in [0, 0.1) is 12.3 Å². The summed E-state index contributed by atoms with van der Waals surface area (Å²) < 4.78 is 5.47. The van der Waals surface area contributed by atoms with Crippen molar-refractivity contribution in [2.75, 3.05) is 6.61 Å². The minimum atomic E-state index is 0.110. The largest absolute Gasteiger partial charge is 0.384 e. The summed E-state index contributed by atoms with van der Waals surface area (Å²) in [7, 11) is 0. The second-order valence-corrected chi connectivity index (χ2v) is 3.61. The number of rotatable bonds is 5. The molecule has 15 heavy (non-hydrogen) atoms. The Morgan fingerprint density at radius 1 is 1.47 bits per heavy atom. The molecule has 0 spiro atoms. The maximum atomic E-state index is 7.32. The Hall–Kier alpha value is -1.35. The first kappa shape index (κ1) is 11.7. The highest BCUT2D eigenvalue weighted by atomic mass is 16.5. The summed E-state index contributed by atoms with van der Waals surface area (Å²) in [4.78, 5) is 0. The fourth-order valence-electron chi connectivity index (χ4n) is 1.35. The van der Waals surface area contributed by atoms with Gasteiger partial charge in [0.1, 0.15) is 5.84 Å². The Labute approximate surface area is 90.8 Å². The second kappa shape index (κ2) is 5.51. The fraction of sp³-hybridized carbons (Fsp3) is 0.417. The molecule has 0 aromatic heterocycles. The molecule has 0 aliphatic heterocycles. The standard InChI is InChI=1S/C12H18N2O/c1-3-6-15-8-11-5-4-10(12(13)14)7-9(11)2/h4-5,7H,3,6,8H2,1-2H3,(H3,13,14). The second-order valence-electron chi connectivity index (χ2n) is 3.61. The fourth-order valence-corrected chi connectivity index (χ4v) is 1.35. The van der Waals surface area contributed by atoms with Gasteiger partial charge < -0.3 is 10.5 Å². The van der Waals surface area contributed by atoms with Crippen molar-refractivity contribution < 1.29 is 4.74 Å². The van der Waals surface area contributed by atoms with E-state index in [1.807, 2.05) is 25.1 Å². The number of nitrogens with two attached hydrogens (primary N) is 1. The molecule has 0 atom stereocenters. The first-order chi connectivity index (χ1) is 7.15. The summed E-state index contributed by atoms with van der Waals surface area (Å²) in [5.74, 6) is 0.110. The Morgan fingerprint density at radius 2 is 2.20 bits per heavy atom. The predicted octanol–water partition coefficient (Wildman–Crippen LogP) is 2.21. The number of nitrogens with one attached hydrogen (secondary N) is 1. The van der Waals surface area contributed by atoms with Gasteiger partial charge in [-0.15, -0.1) is 0 Å². The van der Waals surface area contributed by atoms with Gasteiger partial charge in [0.15, 0.2) is 0 Å². The van der Waals surface area contributed by atoms with Crippen molar-refractivity contribution in [3.05, 3.63) is 34.9 Å². The first-order valence-electron chi connectivity index (χ1n) is 5.16. The van der Waals surface area contributed by atoms with E-state index in [-0.39, 0.29) is 5.84 Å². The third-order valence-electron chi connectivity index (χ3n) is 2.26. The number of aryl methyl sites for hydroxylation is 1. The Balaban J connectivity index is 2.70. The molecule has 1 aromatic rings. The zero-order valence-corrected chi connectivity index (χ0v) is 9.34. The van der Waals surface area contributed by atoms with E-state index in [0.29, 0.717) is 6.61 Å². The number of benzene rings is 1. The maximum Gasteiger partial charge on any atom is 0.122 e. The number of amidine groups is 1. The van der Waals surface area contributed by atoms with E-state index in [0.717, 1.165) is 29.7 Å². The van der Waals surface area contributed by atoms with E-state index in [1.165, 1.54) is 0 Å². The molecule has 1 aromatic carbocycles. The van der Waals surface area contributed by atoms with Crippen LogP contribution >= 0.6 is 0 Å². The van der Waals surface area contributed by atoms with E-state index in [2.05, 4.69) is 6.92 Å². The average molecular weight is 206 g/mol. The van der Waals surface area contributed by atoms with Crippen LogP contribution in [0.25, 0.3) is 0 Å². The molecular formula is C12H18N2O. The Bertz CT molecular complexity index is 347. The van der Waals surface area contributed by atoms with Crippen LogP contribution in [0.2, 0.25) is 0 Å². The van der Waals surface area contributed by atoms with E-state index in [1.54, 1.807) is 0 Å². The lowest BCUT2D eigenvalue weighted by atomic mass is 10.1. The molecule has 0 heterocycles. The molecule has 3 N–H and O–H groups in total. The van der Waals surface area contributed by atoms with E-state index in [4.69, 9.17) is 15.9 Å². The zero-order valence-electron chi connectivity index (χ0n) is 9.34. The lowest BCUT2D eigenvalue weighted by Gasteiger charge is -2.08. The smallest absolute Gasteiger partial charge is 0.122 e. The molecule has 0 amide bonds. The van der Waals surface area contributed by atoms with Gasteiger partial charge in [-0.2, -0.15) is 0 Å². The van der Waals surface area contributed by atoms with Crippen LogP contribution in [0.3, 0.4) is 0 Å². The summed E-state index contributed by atoms with van der Waals surface area (Å²) in [6.07, 6.45) is 1.03. The van der Waals surface area contributed by atoms with Crippen molar-refractivity contribution in [1.82, 2.24) is 0 Å². The molecule has 1 rings (SSSR count). The molecule has 3 heteroatoms. The van der Waals surface area contributed by atoms with Crippen LogP contribution in [-0.4, -0.2) is 12.4 Å². The monoisotopic (exact) mass is 206 g/mol. The molecule has 0 radical (unpaired) electrons. The summed E-state index contributed by atoms with van der Waals surface area (Å²) in [5, 5.41) is 7.32. The molecule has 0 fully saturated rings. The highest BCUT2D eigenvalue weighted by molar-refractivity contribution is 5.95. The molecular weight excluding hydrogens is 188 g/mol. The SMILES string of the molecule is CCCOCc1ccc(C(=N)N)cc1C. The van der Waals surface area contributed by atoms with Crippen LogP contribution < -0.4 is 5.73 Å². The number of ether oxygens (including phenoxy) is 1. The zero-order chi connectivity index (χ0) is 11.3. The number of nitrogen functional groups attached to an aromatic ring is 1. The van der Waals surface area contributed by atoms with Gasteiger partial charge in [0.2, 0.25) is 0 Å². The van der Waals surface area contributed by atoms with E-state index in [9.17, 15) is 0 Å². The Morgan fingerprint density at radius 3 is 2.73 bits per heavy atom. The quantitative estimate of drug-likeness (QED) is 0.441. The van der Waals surface area contributed by atoms with Crippen LogP contribution in [0.15, 0.2) is 18.2 Å². The summed E-state index contributed by atoms with van der Waals surface area (Å²) in [6.45, 7) is 5.52. The molecule has 0 unspecified atom stereocenters. The molecule has 0 aliphatic carbocycles. The predicted molar refractivity (Wildman–Crippen MR) is 62.1 cm³/mol. The summed E-state index contributed by atoms with van der Waals surface area (Å²) >= 11 is 0. The molecule has 0 saturated heterocycles. The van der Waals surface area contributed by atoms with Crippen LogP contribution in [0.1, 0.15) is 30.0 Å². The molecule has 3 nitrogen and oxygen atoms in total. The maximum absolute atomic E-state index is 7.32. The van der Waals surface area contributed by atoms with Crippen molar-refractivity contribution in [2.24, 2.45) is 5.73 Å². The lowest BCUT2D eigenvalue weighted by Crippen LogP contribution is -2.11. The van der Waals surface area contributed by atoms with Crippen molar-refractivity contribution >= 4 is 5.84 Å². The van der Waals surface area contributed by atoms with Gasteiger partial charge in [0.05, 0.1) is 6.61 Å². The summed E-state index contributed by atoms with van der Waals surface area (Å²) in [6, 6.07) is 5.76. The molecule has 0 saturated carbocycles. The molecule has 82 valence electrons. The minimum Gasteiger partial charge on any atom is -0.384 e. The van der Waals surface area contributed by atoms with Gasteiger partial charge in [-0.25, -0.2) is 0 Å². The van der Waals surface area contributed by atoms with Gasteiger partial charge >= 0.3 is 0 Å². The van der Waals surface area contributed by atoms with E-state index >= 15 is 0 Å². The normalized spacial score (nSPS) is 10.3. The van der Waals surface area contributed by atoms with Gasteiger partial charge in [-0.05, 0) is 30.5 Å². The number of hydrogen-bond acceptors (Lipinski definition) is 2. The summed E-state index contributed by atoms with van der Waals surface area (Å²) in [5.41, 5.74) is 8.46. The highest BCUT2D eigenvalue weighted by Gasteiger charge is 2.01. The van der Waals surface area contributed by atoms with Crippen LogP contribution in [0.5, 0.6) is 0 Å². The van der Waals surface area contributed by atoms with Crippen molar-refractivity contribution in [1.29, 1.82) is 5.41 Å². The van der Waals surface area contributed by atoms with Crippen molar-refractivity contribution in [3.63, 3.8) is 0 Å². The Kier molecular flexibility index (Phi) is 4.31. The first-order valence-corrected chi connectivity index (χ1v) is 5.16. The van der Waals surface area contributed by atoms with E-state index < -0.39 is 0 Å². The third kappa shape index (κ3) is 3.36. The topological polar surface area (TPSA) is 59.1 Å².